The summed E-state index contributed by atoms with van der Waals surface area (Å²) in [6.45, 7) is 4.07. The van der Waals surface area contributed by atoms with Crippen LogP contribution in [0.2, 0.25) is 0 Å². The van der Waals surface area contributed by atoms with E-state index in [1.54, 1.807) is 18.2 Å². The molecule has 0 N–H and O–H groups in total. The van der Waals surface area contributed by atoms with Crippen LogP contribution in [0.1, 0.15) is 17.4 Å². The molecule has 0 amide bonds. The summed E-state index contributed by atoms with van der Waals surface area (Å²) in [4.78, 5) is 13.0. The number of benzene rings is 1. The minimum atomic E-state index is -0.355. The maximum absolute atomic E-state index is 12.0. The summed E-state index contributed by atoms with van der Waals surface area (Å²) in [6, 6.07) is 5.62. The van der Waals surface area contributed by atoms with E-state index in [9.17, 15) is 4.79 Å². The molecule has 0 spiro atoms. The molecule has 3 rings (SSSR count). The van der Waals surface area contributed by atoms with E-state index in [1.165, 1.54) is 23.3 Å². The van der Waals surface area contributed by atoms with Crippen LogP contribution in [0.25, 0.3) is 5.82 Å². The van der Waals surface area contributed by atoms with Crippen LogP contribution in [0.4, 0.5) is 0 Å². The van der Waals surface area contributed by atoms with Crippen LogP contribution >= 0.6 is 11.5 Å². The van der Waals surface area contributed by atoms with Crippen LogP contribution in [0, 0.1) is 13.8 Å². The number of ether oxygens (including phenoxy) is 1. The van der Waals surface area contributed by atoms with Crippen molar-refractivity contribution in [2.24, 2.45) is 7.05 Å². The lowest BCUT2D eigenvalue weighted by Crippen LogP contribution is -2.23. The first-order chi connectivity index (χ1) is 11.0. The van der Waals surface area contributed by atoms with E-state index in [0.29, 0.717) is 17.6 Å². The highest BCUT2D eigenvalue weighted by molar-refractivity contribution is 7.06. The van der Waals surface area contributed by atoms with Gasteiger partial charge in [-0.15, -0.1) is 4.68 Å². The van der Waals surface area contributed by atoms with Crippen LogP contribution in [0.15, 0.2) is 29.0 Å². The number of para-hydroxylation sites is 1. The standard InChI is InChI=1S/C14H15N5O2S/c1-9-6-4-5-7-12(9)21-8-11-10(2)22-15-13(11)19-14(20)18(3)16-17-19/h4-7H,8H2,1-3H3/i4T. The smallest absolute Gasteiger partial charge is 0.369 e. The first kappa shape index (κ1) is 13.2. The number of hydrogen-bond acceptors (Lipinski definition) is 6. The Kier molecular flexibility index (Phi) is 3.43. The Bertz CT molecular complexity index is 914. The van der Waals surface area contributed by atoms with Gasteiger partial charge in [0.2, 0.25) is 0 Å². The summed E-state index contributed by atoms with van der Waals surface area (Å²) >= 11 is 1.29. The molecule has 0 saturated heterocycles. The van der Waals surface area contributed by atoms with Crippen molar-refractivity contribution in [1.29, 1.82) is 0 Å². The molecule has 0 unspecified atom stereocenters. The molecule has 114 valence electrons. The van der Waals surface area contributed by atoms with Gasteiger partial charge in [0.1, 0.15) is 12.4 Å². The molecule has 0 fully saturated rings. The predicted molar refractivity (Wildman–Crippen MR) is 82.5 cm³/mol. The Labute approximate surface area is 132 Å². The van der Waals surface area contributed by atoms with Crippen LogP contribution in [0.5, 0.6) is 5.75 Å². The molecular formula is C14H15N5O2S. The van der Waals surface area contributed by atoms with E-state index in [-0.39, 0.29) is 12.3 Å². The number of rotatable bonds is 4. The summed E-state index contributed by atoms with van der Waals surface area (Å²) in [7, 11) is 1.53. The fourth-order valence-corrected chi connectivity index (χ4v) is 2.64. The Balaban J connectivity index is 1.90. The van der Waals surface area contributed by atoms with Crippen molar-refractivity contribution < 1.29 is 6.11 Å². The molecule has 8 heteroatoms. The first-order valence-electron chi connectivity index (χ1n) is 7.12. The van der Waals surface area contributed by atoms with Gasteiger partial charge in [-0.05, 0) is 47.4 Å². The molecule has 7 nitrogen and oxygen atoms in total. The van der Waals surface area contributed by atoms with Crippen LogP contribution in [-0.2, 0) is 13.7 Å². The van der Waals surface area contributed by atoms with Crippen molar-refractivity contribution in [3.63, 3.8) is 0 Å². The summed E-state index contributed by atoms with van der Waals surface area (Å²) in [5, 5.41) is 7.53. The van der Waals surface area contributed by atoms with Gasteiger partial charge in [-0.25, -0.2) is 4.79 Å². The third kappa shape index (κ3) is 2.52. The average Bonchev–Trinajstić information content (AvgIpc) is 3.02. The van der Waals surface area contributed by atoms with Crippen molar-refractivity contribution >= 4 is 11.5 Å². The Morgan fingerprint density at radius 1 is 1.36 bits per heavy atom. The van der Waals surface area contributed by atoms with Crippen LogP contribution in [0.3, 0.4) is 0 Å². The van der Waals surface area contributed by atoms with Gasteiger partial charge in [-0.3, -0.25) is 0 Å². The van der Waals surface area contributed by atoms with Crippen molar-refractivity contribution in [2.45, 2.75) is 20.5 Å². The Morgan fingerprint density at radius 2 is 2.18 bits per heavy atom. The van der Waals surface area contributed by atoms with Crippen molar-refractivity contribution in [3.8, 4) is 11.6 Å². The zero-order valence-electron chi connectivity index (χ0n) is 13.4. The summed E-state index contributed by atoms with van der Waals surface area (Å²) < 4.78 is 20.0. The molecule has 1 aromatic carbocycles. The maximum Gasteiger partial charge on any atom is 0.369 e. The van der Waals surface area contributed by atoms with Gasteiger partial charge < -0.3 is 4.74 Å². The van der Waals surface area contributed by atoms with E-state index >= 15 is 0 Å². The minimum absolute atomic E-state index is 0.263. The minimum Gasteiger partial charge on any atom is -0.488 e. The Hall–Kier alpha value is -2.48. The molecule has 2 heterocycles. The molecule has 2 aromatic heterocycles. The molecule has 0 radical (unpaired) electrons. The van der Waals surface area contributed by atoms with Crippen LogP contribution in [-0.4, -0.2) is 24.2 Å². The molecule has 0 aliphatic carbocycles. The lowest BCUT2D eigenvalue weighted by atomic mass is 10.2. The summed E-state index contributed by atoms with van der Waals surface area (Å²) in [5.41, 5.74) is 1.33. The fraction of sp³-hybridized carbons (Fsp3) is 0.286. The van der Waals surface area contributed by atoms with E-state index in [0.717, 1.165) is 20.7 Å². The van der Waals surface area contributed by atoms with Gasteiger partial charge >= 0.3 is 5.69 Å². The molecule has 0 atom stereocenters. The van der Waals surface area contributed by atoms with E-state index in [1.807, 2.05) is 13.8 Å². The van der Waals surface area contributed by atoms with E-state index in [4.69, 9.17) is 6.11 Å². The van der Waals surface area contributed by atoms with Gasteiger partial charge in [0.25, 0.3) is 0 Å². The Morgan fingerprint density at radius 3 is 2.86 bits per heavy atom. The van der Waals surface area contributed by atoms with Gasteiger partial charge in [-0.2, -0.15) is 9.06 Å². The molecule has 0 aliphatic rings. The second-order valence-corrected chi connectivity index (χ2v) is 5.80. The zero-order chi connectivity index (χ0) is 16.6. The van der Waals surface area contributed by atoms with Crippen molar-refractivity contribution in [1.82, 2.24) is 24.2 Å². The van der Waals surface area contributed by atoms with Crippen molar-refractivity contribution in [3.05, 3.63) is 50.7 Å². The lowest BCUT2D eigenvalue weighted by Gasteiger charge is -2.09. The monoisotopic (exact) mass is 319 g/mol. The molecular weight excluding hydrogens is 302 g/mol. The highest BCUT2D eigenvalue weighted by Crippen LogP contribution is 2.23. The average molecular weight is 319 g/mol. The quantitative estimate of drug-likeness (QED) is 0.730. The number of aryl methyl sites for hydroxylation is 3. The van der Waals surface area contributed by atoms with E-state index < -0.39 is 0 Å². The lowest BCUT2D eigenvalue weighted by molar-refractivity contribution is 0.303. The highest BCUT2D eigenvalue weighted by Gasteiger charge is 2.17. The molecule has 0 aliphatic heterocycles. The van der Waals surface area contributed by atoms with Crippen molar-refractivity contribution in [2.75, 3.05) is 0 Å². The predicted octanol–water partition coefficient (Wildman–Crippen LogP) is 1.62. The summed E-state index contributed by atoms with van der Waals surface area (Å²) in [5.74, 6) is 1.14. The third-order valence-electron chi connectivity index (χ3n) is 3.28. The summed E-state index contributed by atoms with van der Waals surface area (Å²) in [6.07, 6.45) is 0. The largest absolute Gasteiger partial charge is 0.488 e. The number of tetrazole rings is 1. The molecule has 22 heavy (non-hydrogen) atoms. The van der Waals surface area contributed by atoms with Crippen LogP contribution < -0.4 is 10.4 Å². The third-order valence-corrected chi connectivity index (χ3v) is 4.06. The van der Waals surface area contributed by atoms with Gasteiger partial charge in [-0.1, -0.05) is 18.2 Å². The second kappa shape index (κ2) is 5.72. The SMILES string of the molecule is [3H]c1ccc(OCc2c(-n3nnn(C)c3=O)nsc2C)c(C)c1. The zero-order valence-corrected chi connectivity index (χ0v) is 13.2. The van der Waals surface area contributed by atoms with Gasteiger partial charge in [0, 0.05) is 17.5 Å². The topological polar surface area (TPSA) is 74.8 Å². The molecule has 0 saturated carbocycles. The maximum atomic E-state index is 12.0. The van der Waals surface area contributed by atoms with Gasteiger partial charge in [0.05, 0.1) is 1.37 Å². The fourth-order valence-electron chi connectivity index (χ4n) is 1.97. The highest BCUT2D eigenvalue weighted by atomic mass is 32.1. The van der Waals surface area contributed by atoms with E-state index in [2.05, 4.69) is 14.8 Å². The second-order valence-electron chi connectivity index (χ2n) is 4.82. The number of nitrogens with zero attached hydrogens (tertiary/aromatic N) is 5. The van der Waals surface area contributed by atoms with Gasteiger partial charge in [0.15, 0.2) is 5.82 Å². The molecule has 3 aromatic rings. The molecule has 0 bridgehead atoms. The first-order valence-corrected chi connectivity index (χ1v) is 7.39. The number of hydrogen-bond donors (Lipinski definition) is 0. The number of aromatic nitrogens is 5. The normalized spacial score (nSPS) is 11.5.